The molecule has 39 heavy (non-hydrogen) atoms. The zero-order chi connectivity index (χ0) is 26.6. The highest BCUT2D eigenvalue weighted by Gasteiger charge is 2.19. The molecule has 0 aliphatic rings. The van der Waals surface area contributed by atoms with Crippen molar-refractivity contribution in [3.8, 4) is 28.2 Å². The van der Waals surface area contributed by atoms with Crippen molar-refractivity contribution in [2.45, 2.75) is 0 Å². The second-order valence-electron chi connectivity index (χ2n) is 9.23. The number of benzene rings is 5. The van der Waals surface area contributed by atoms with Crippen molar-refractivity contribution in [2.75, 3.05) is 7.11 Å². The minimum atomic E-state index is -0.358. The van der Waals surface area contributed by atoms with E-state index in [-0.39, 0.29) is 5.97 Å². The Labute approximate surface area is 227 Å². The number of ether oxygens (including phenoxy) is 1. The molecule has 4 heteroatoms. The zero-order valence-corrected chi connectivity index (χ0v) is 21.5. The first kappa shape index (κ1) is 24.1. The Morgan fingerprint density at radius 2 is 1.33 bits per heavy atom. The highest BCUT2D eigenvalue weighted by molar-refractivity contribution is 5.95. The van der Waals surface area contributed by atoms with Crippen LogP contribution in [0.3, 0.4) is 0 Å². The van der Waals surface area contributed by atoms with E-state index in [9.17, 15) is 4.79 Å². The van der Waals surface area contributed by atoms with Crippen LogP contribution in [-0.2, 0) is 4.74 Å². The molecule has 1 aromatic heterocycles. The standard InChI is InChI=1S/C35H26N2O2/c1-39-35(38)28-17-20-32(21-18-28)37-33(26-11-4-2-5-12-26)23-30(34(37)27-13-6-3-7-14-27)24-36-31-19-16-25-10-8-9-15-29(25)22-31/h2-24H,1H3. The summed E-state index contributed by atoms with van der Waals surface area (Å²) in [4.78, 5) is 17.0. The van der Waals surface area contributed by atoms with E-state index in [1.807, 2.05) is 72.9 Å². The largest absolute Gasteiger partial charge is 0.465 e. The monoisotopic (exact) mass is 506 g/mol. The van der Waals surface area contributed by atoms with E-state index in [0.717, 1.165) is 44.8 Å². The molecule has 6 rings (SSSR count). The lowest BCUT2D eigenvalue weighted by Crippen LogP contribution is -2.03. The Morgan fingerprint density at radius 1 is 0.692 bits per heavy atom. The number of rotatable bonds is 6. The van der Waals surface area contributed by atoms with Crippen LogP contribution >= 0.6 is 0 Å². The maximum absolute atomic E-state index is 12.1. The van der Waals surface area contributed by atoms with Gasteiger partial charge in [-0.2, -0.15) is 0 Å². The fraction of sp³-hybridized carbons (Fsp3) is 0.0286. The Bertz CT molecular complexity index is 1780. The van der Waals surface area contributed by atoms with Gasteiger partial charge in [-0.05, 0) is 64.4 Å². The summed E-state index contributed by atoms with van der Waals surface area (Å²) in [5.74, 6) is -0.358. The highest BCUT2D eigenvalue weighted by Crippen LogP contribution is 2.36. The number of aromatic nitrogens is 1. The topological polar surface area (TPSA) is 43.6 Å². The van der Waals surface area contributed by atoms with Gasteiger partial charge in [-0.15, -0.1) is 0 Å². The average molecular weight is 507 g/mol. The van der Waals surface area contributed by atoms with Crippen molar-refractivity contribution in [1.29, 1.82) is 0 Å². The van der Waals surface area contributed by atoms with Crippen molar-refractivity contribution >= 4 is 28.6 Å². The first-order chi connectivity index (χ1) is 19.2. The van der Waals surface area contributed by atoms with Gasteiger partial charge in [0.25, 0.3) is 0 Å². The molecule has 0 bridgehead atoms. The Balaban J connectivity index is 1.55. The fourth-order valence-corrected chi connectivity index (χ4v) is 4.88. The summed E-state index contributed by atoms with van der Waals surface area (Å²) >= 11 is 0. The van der Waals surface area contributed by atoms with Gasteiger partial charge in [0, 0.05) is 17.5 Å². The molecule has 5 aromatic carbocycles. The molecular weight excluding hydrogens is 480 g/mol. The number of hydrogen-bond donors (Lipinski definition) is 0. The van der Waals surface area contributed by atoms with E-state index < -0.39 is 0 Å². The first-order valence-corrected chi connectivity index (χ1v) is 12.8. The van der Waals surface area contributed by atoms with Gasteiger partial charge in [0.1, 0.15) is 0 Å². The predicted molar refractivity (Wildman–Crippen MR) is 159 cm³/mol. The number of carbonyl (C=O) groups excluding carboxylic acids is 1. The van der Waals surface area contributed by atoms with Crippen molar-refractivity contribution < 1.29 is 9.53 Å². The summed E-state index contributed by atoms with van der Waals surface area (Å²) in [6.45, 7) is 0. The Morgan fingerprint density at radius 3 is 2.03 bits per heavy atom. The SMILES string of the molecule is COC(=O)c1ccc(-n2c(-c3ccccc3)cc(C=Nc3ccc4ccccc4c3)c2-c2ccccc2)cc1. The van der Waals surface area contributed by atoms with Crippen molar-refractivity contribution in [1.82, 2.24) is 4.57 Å². The molecule has 0 spiro atoms. The van der Waals surface area contributed by atoms with Crippen molar-refractivity contribution in [3.63, 3.8) is 0 Å². The number of carbonyl (C=O) groups is 1. The third kappa shape index (κ3) is 4.88. The van der Waals surface area contributed by atoms with Crippen LogP contribution in [0.4, 0.5) is 5.69 Å². The molecule has 4 nitrogen and oxygen atoms in total. The number of aliphatic imine (C=N–C) groups is 1. The molecule has 0 saturated carbocycles. The molecule has 0 radical (unpaired) electrons. The number of esters is 1. The van der Waals surface area contributed by atoms with E-state index in [2.05, 4.69) is 59.2 Å². The molecule has 0 N–H and O–H groups in total. The van der Waals surface area contributed by atoms with Crippen LogP contribution in [0, 0.1) is 0 Å². The van der Waals surface area contributed by atoms with E-state index in [4.69, 9.17) is 9.73 Å². The van der Waals surface area contributed by atoms with E-state index in [1.165, 1.54) is 12.5 Å². The number of nitrogens with zero attached hydrogens (tertiary/aromatic N) is 2. The second-order valence-corrected chi connectivity index (χ2v) is 9.23. The zero-order valence-electron chi connectivity index (χ0n) is 21.5. The molecule has 0 unspecified atom stereocenters. The summed E-state index contributed by atoms with van der Waals surface area (Å²) in [7, 11) is 1.39. The summed E-state index contributed by atoms with van der Waals surface area (Å²) < 4.78 is 7.14. The van der Waals surface area contributed by atoms with E-state index in [1.54, 1.807) is 12.1 Å². The van der Waals surface area contributed by atoms with Crippen LogP contribution < -0.4 is 0 Å². The minimum absolute atomic E-state index is 0.358. The van der Waals surface area contributed by atoms with Crippen molar-refractivity contribution in [3.05, 3.63) is 145 Å². The lowest BCUT2D eigenvalue weighted by molar-refractivity contribution is 0.0600. The van der Waals surface area contributed by atoms with E-state index >= 15 is 0 Å². The molecule has 0 amide bonds. The Kier molecular flexibility index (Phi) is 6.59. The van der Waals surface area contributed by atoms with Gasteiger partial charge in [0.2, 0.25) is 0 Å². The van der Waals surface area contributed by atoms with Gasteiger partial charge >= 0.3 is 5.97 Å². The smallest absolute Gasteiger partial charge is 0.337 e. The molecule has 1 heterocycles. The molecule has 6 aromatic rings. The number of methoxy groups -OCH3 is 1. The molecule has 188 valence electrons. The van der Waals surface area contributed by atoms with Gasteiger partial charge < -0.3 is 9.30 Å². The van der Waals surface area contributed by atoms with Crippen LogP contribution in [0.1, 0.15) is 15.9 Å². The quantitative estimate of drug-likeness (QED) is 0.168. The summed E-state index contributed by atoms with van der Waals surface area (Å²) in [5, 5.41) is 2.35. The lowest BCUT2D eigenvalue weighted by Gasteiger charge is -2.15. The second kappa shape index (κ2) is 10.6. The first-order valence-electron chi connectivity index (χ1n) is 12.8. The normalized spacial score (nSPS) is 11.2. The maximum atomic E-state index is 12.1. The highest BCUT2D eigenvalue weighted by atomic mass is 16.5. The Hall–Kier alpha value is -5.22. The maximum Gasteiger partial charge on any atom is 0.337 e. The van der Waals surface area contributed by atoms with Crippen LogP contribution in [0.25, 0.3) is 39.0 Å². The van der Waals surface area contributed by atoms with E-state index in [0.29, 0.717) is 5.56 Å². The summed E-state index contributed by atoms with van der Waals surface area (Å²) in [6, 6.07) is 44.8. The third-order valence-corrected chi connectivity index (χ3v) is 6.78. The number of hydrogen-bond acceptors (Lipinski definition) is 3. The number of fused-ring (bicyclic) bond motifs is 1. The van der Waals surface area contributed by atoms with Gasteiger partial charge in [-0.3, -0.25) is 4.99 Å². The summed E-state index contributed by atoms with van der Waals surface area (Å²) in [5.41, 5.74) is 7.52. The molecule has 0 aliphatic heterocycles. The van der Waals surface area contributed by atoms with Gasteiger partial charge in [0.15, 0.2) is 0 Å². The third-order valence-electron chi connectivity index (χ3n) is 6.78. The minimum Gasteiger partial charge on any atom is -0.465 e. The van der Waals surface area contributed by atoms with Gasteiger partial charge in [-0.1, -0.05) is 91.0 Å². The van der Waals surface area contributed by atoms with Gasteiger partial charge in [-0.25, -0.2) is 4.79 Å². The van der Waals surface area contributed by atoms with Crippen LogP contribution in [0.2, 0.25) is 0 Å². The van der Waals surface area contributed by atoms with Crippen LogP contribution in [0.15, 0.2) is 138 Å². The molecular formula is C35H26N2O2. The van der Waals surface area contributed by atoms with Crippen LogP contribution in [-0.4, -0.2) is 23.9 Å². The molecule has 0 aliphatic carbocycles. The van der Waals surface area contributed by atoms with Gasteiger partial charge in [0.05, 0.1) is 29.7 Å². The molecule has 0 saturated heterocycles. The predicted octanol–water partition coefficient (Wildman–Crippen LogP) is 8.50. The fourth-order valence-electron chi connectivity index (χ4n) is 4.88. The van der Waals surface area contributed by atoms with Crippen molar-refractivity contribution in [2.24, 2.45) is 4.99 Å². The molecule has 0 fully saturated rings. The van der Waals surface area contributed by atoms with Crippen LogP contribution in [0.5, 0.6) is 0 Å². The summed E-state index contributed by atoms with van der Waals surface area (Å²) in [6.07, 6.45) is 1.94. The molecule has 0 atom stereocenters. The average Bonchev–Trinajstić information content (AvgIpc) is 3.40. The lowest BCUT2D eigenvalue weighted by atomic mass is 10.1.